The van der Waals surface area contributed by atoms with E-state index >= 15 is 0 Å². The maximum atomic E-state index is 3.71. The van der Waals surface area contributed by atoms with E-state index in [0.29, 0.717) is 0 Å². The van der Waals surface area contributed by atoms with Gasteiger partial charge < -0.3 is 10.2 Å². The van der Waals surface area contributed by atoms with Crippen LogP contribution in [0.5, 0.6) is 0 Å². The van der Waals surface area contributed by atoms with Crippen molar-refractivity contribution in [2.75, 3.05) is 26.2 Å². The van der Waals surface area contributed by atoms with Gasteiger partial charge in [0.1, 0.15) is 0 Å². The third-order valence-corrected chi connectivity index (χ3v) is 6.32. The van der Waals surface area contributed by atoms with Crippen LogP contribution in [0, 0.1) is 17.8 Å². The van der Waals surface area contributed by atoms with Crippen molar-refractivity contribution in [1.82, 2.24) is 10.2 Å². The number of rotatable bonds is 5. The molecular formula is C18H34N2. The minimum Gasteiger partial charge on any atom is -0.314 e. The predicted molar refractivity (Wildman–Crippen MR) is 85.9 cm³/mol. The molecule has 116 valence electrons. The molecule has 0 bridgehead atoms. The maximum Gasteiger partial charge on any atom is 0.00956 e. The number of likely N-dealkylation sites (tertiary alicyclic amines) is 1. The van der Waals surface area contributed by atoms with Crippen LogP contribution in [0.2, 0.25) is 0 Å². The van der Waals surface area contributed by atoms with Crippen molar-refractivity contribution in [1.29, 1.82) is 0 Å². The number of hydrogen-bond donors (Lipinski definition) is 1. The molecule has 0 aromatic heterocycles. The van der Waals surface area contributed by atoms with Crippen molar-refractivity contribution in [3.63, 3.8) is 0 Å². The molecular weight excluding hydrogens is 244 g/mol. The van der Waals surface area contributed by atoms with Gasteiger partial charge in [0.15, 0.2) is 0 Å². The van der Waals surface area contributed by atoms with E-state index in [-0.39, 0.29) is 0 Å². The first-order chi connectivity index (χ1) is 9.86. The van der Waals surface area contributed by atoms with Crippen LogP contribution < -0.4 is 5.32 Å². The van der Waals surface area contributed by atoms with E-state index in [1.807, 2.05) is 0 Å². The zero-order valence-electron chi connectivity index (χ0n) is 13.4. The molecule has 3 aliphatic rings. The van der Waals surface area contributed by atoms with Crippen molar-refractivity contribution in [2.24, 2.45) is 17.8 Å². The zero-order chi connectivity index (χ0) is 13.8. The van der Waals surface area contributed by atoms with Gasteiger partial charge in [0.05, 0.1) is 0 Å². The highest BCUT2D eigenvalue weighted by atomic mass is 15.1. The minimum atomic E-state index is 0.826. The third kappa shape index (κ3) is 3.57. The number of piperidine rings is 1. The van der Waals surface area contributed by atoms with Crippen LogP contribution in [0.15, 0.2) is 0 Å². The van der Waals surface area contributed by atoms with E-state index < -0.39 is 0 Å². The smallest absolute Gasteiger partial charge is 0.00956 e. The predicted octanol–water partition coefficient (Wildman–Crippen LogP) is 3.67. The fourth-order valence-corrected chi connectivity index (χ4v) is 5.14. The Hall–Kier alpha value is -0.0800. The Morgan fingerprint density at radius 1 is 0.950 bits per heavy atom. The first-order valence-corrected chi connectivity index (χ1v) is 9.32. The molecule has 20 heavy (non-hydrogen) atoms. The molecule has 1 saturated heterocycles. The van der Waals surface area contributed by atoms with Gasteiger partial charge in [-0.3, -0.25) is 0 Å². The molecule has 2 heteroatoms. The van der Waals surface area contributed by atoms with Crippen LogP contribution in [-0.4, -0.2) is 37.1 Å². The molecule has 4 atom stereocenters. The number of hydrogen-bond acceptors (Lipinski definition) is 2. The topological polar surface area (TPSA) is 15.3 Å². The fourth-order valence-electron chi connectivity index (χ4n) is 5.14. The lowest BCUT2D eigenvalue weighted by molar-refractivity contribution is 0.0819. The van der Waals surface area contributed by atoms with E-state index in [1.165, 1.54) is 77.4 Å². The molecule has 0 aromatic carbocycles. The van der Waals surface area contributed by atoms with Crippen LogP contribution in [0.1, 0.15) is 64.7 Å². The van der Waals surface area contributed by atoms with Crippen molar-refractivity contribution in [3.05, 3.63) is 0 Å². The standard InChI is InChI=1S/C18H34N2/c1-2-19-18-9-5-8-16(18)11-13-20-12-10-15-6-3-4-7-17(15)14-20/h15-19H,2-14H2,1H3. The average Bonchev–Trinajstić information content (AvgIpc) is 2.93. The second kappa shape index (κ2) is 7.26. The lowest BCUT2D eigenvalue weighted by Crippen LogP contribution is -2.43. The summed E-state index contributed by atoms with van der Waals surface area (Å²) in [6.45, 7) is 7.58. The van der Waals surface area contributed by atoms with Crippen molar-refractivity contribution >= 4 is 0 Å². The SMILES string of the molecule is CCNC1CCCC1CCN1CCC2CCCCC2C1. The van der Waals surface area contributed by atoms with Gasteiger partial charge in [-0.05, 0) is 69.5 Å². The molecule has 0 amide bonds. The van der Waals surface area contributed by atoms with E-state index in [0.717, 1.165) is 30.3 Å². The molecule has 0 radical (unpaired) electrons. The quantitative estimate of drug-likeness (QED) is 0.825. The Bertz CT molecular complexity index is 291. The van der Waals surface area contributed by atoms with Crippen LogP contribution in [-0.2, 0) is 0 Å². The van der Waals surface area contributed by atoms with Crippen LogP contribution in [0.25, 0.3) is 0 Å². The molecule has 3 rings (SSSR count). The van der Waals surface area contributed by atoms with E-state index in [4.69, 9.17) is 0 Å². The van der Waals surface area contributed by atoms with Gasteiger partial charge in [0, 0.05) is 12.6 Å². The van der Waals surface area contributed by atoms with E-state index in [1.54, 1.807) is 0 Å². The monoisotopic (exact) mass is 278 g/mol. The van der Waals surface area contributed by atoms with Gasteiger partial charge in [0.25, 0.3) is 0 Å². The molecule has 1 aliphatic heterocycles. The largest absolute Gasteiger partial charge is 0.314 e. The van der Waals surface area contributed by atoms with E-state index in [2.05, 4.69) is 17.1 Å². The van der Waals surface area contributed by atoms with Crippen LogP contribution >= 0.6 is 0 Å². The third-order valence-electron chi connectivity index (χ3n) is 6.32. The van der Waals surface area contributed by atoms with Gasteiger partial charge >= 0.3 is 0 Å². The lowest BCUT2D eigenvalue weighted by atomic mass is 9.75. The van der Waals surface area contributed by atoms with Gasteiger partial charge in [-0.1, -0.05) is 32.6 Å². The summed E-state index contributed by atoms with van der Waals surface area (Å²) in [6.07, 6.45) is 13.3. The van der Waals surface area contributed by atoms with Gasteiger partial charge in [-0.2, -0.15) is 0 Å². The summed E-state index contributed by atoms with van der Waals surface area (Å²) < 4.78 is 0. The first kappa shape index (κ1) is 14.8. The minimum absolute atomic E-state index is 0.826. The lowest BCUT2D eigenvalue weighted by Gasteiger charge is -2.41. The Morgan fingerprint density at radius 2 is 1.80 bits per heavy atom. The Balaban J connectivity index is 1.42. The zero-order valence-corrected chi connectivity index (χ0v) is 13.4. The molecule has 1 heterocycles. The summed E-state index contributed by atoms with van der Waals surface area (Å²) in [5.41, 5.74) is 0. The fraction of sp³-hybridized carbons (Fsp3) is 1.00. The second-order valence-electron chi connectivity index (χ2n) is 7.54. The number of fused-ring (bicyclic) bond motifs is 1. The molecule has 4 unspecified atom stereocenters. The Morgan fingerprint density at radius 3 is 2.65 bits per heavy atom. The summed E-state index contributed by atoms with van der Waals surface area (Å²) in [5, 5.41) is 3.71. The van der Waals surface area contributed by atoms with Crippen molar-refractivity contribution in [2.45, 2.75) is 70.8 Å². The highest BCUT2D eigenvalue weighted by Gasteiger charge is 2.32. The number of nitrogens with one attached hydrogen (secondary N) is 1. The molecule has 3 fully saturated rings. The van der Waals surface area contributed by atoms with Crippen molar-refractivity contribution in [3.8, 4) is 0 Å². The Kier molecular flexibility index (Phi) is 5.39. The normalized spacial score (nSPS) is 38.9. The van der Waals surface area contributed by atoms with Crippen LogP contribution in [0.3, 0.4) is 0 Å². The molecule has 2 saturated carbocycles. The highest BCUT2D eigenvalue weighted by molar-refractivity contribution is 4.86. The average molecular weight is 278 g/mol. The summed E-state index contributed by atoms with van der Waals surface area (Å²) in [7, 11) is 0. The maximum absolute atomic E-state index is 3.71. The molecule has 1 N–H and O–H groups in total. The summed E-state index contributed by atoms with van der Waals surface area (Å²) in [5.74, 6) is 3.09. The van der Waals surface area contributed by atoms with Gasteiger partial charge in [-0.15, -0.1) is 0 Å². The van der Waals surface area contributed by atoms with Gasteiger partial charge in [0.2, 0.25) is 0 Å². The van der Waals surface area contributed by atoms with Gasteiger partial charge in [-0.25, -0.2) is 0 Å². The van der Waals surface area contributed by atoms with Crippen LogP contribution in [0.4, 0.5) is 0 Å². The molecule has 2 aliphatic carbocycles. The molecule has 2 nitrogen and oxygen atoms in total. The summed E-state index contributed by atoms with van der Waals surface area (Å²) >= 11 is 0. The highest BCUT2D eigenvalue weighted by Crippen LogP contribution is 2.36. The van der Waals surface area contributed by atoms with Crippen molar-refractivity contribution < 1.29 is 0 Å². The second-order valence-corrected chi connectivity index (χ2v) is 7.54. The summed E-state index contributed by atoms with van der Waals surface area (Å²) in [6, 6.07) is 0.826. The summed E-state index contributed by atoms with van der Waals surface area (Å²) in [4.78, 5) is 2.80. The number of nitrogens with zero attached hydrogens (tertiary/aromatic N) is 1. The van der Waals surface area contributed by atoms with E-state index in [9.17, 15) is 0 Å². The molecule has 0 aromatic rings. The molecule has 0 spiro atoms. The first-order valence-electron chi connectivity index (χ1n) is 9.32. The Labute approximate surface area is 125 Å².